The molecule has 0 radical (unpaired) electrons. The van der Waals surface area contributed by atoms with Gasteiger partial charge in [0.2, 0.25) is 5.91 Å². The van der Waals surface area contributed by atoms with Crippen LogP contribution >= 0.6 is 11.6 Å². The van der Waals surface area contributed by atoms with Gasteiger partial charge in [0, 0.05) is 47.3 Å². The number of carbonyl (C=O) groups excluding carboxylic acids is 3. The van der Waals surface area contributed by atoms with Crippen molar-refractivity contribution in [2.75, 3.05) is 23.4 Å². The molecule has 226 valence electrons. The standard InChI is InChI=1S/C33H35ClN2O7/c1-21(37)42-20-33(2,3)19-36-27-14-13-24(34)17-26(27)31(23-9-5-4-6-10-23)43-28(32(36)41)18-29(38)35-25-11-7-8-22(16-25)12-15-30(39)40/h4-11,13-14,16-17,28,31H,12,15,18-20H2,1-3H3,(H,35,38)(H,39,40)/t28-,31-/m1/s1. The Labute approximate surface area is 255 Å². The maximum atomic E-state index is 14.2. The molecule has 43 heavy (non-hydrogen) atoms. The molecule has 1 aliphatic rings. The van der Waals surface area contributed by atoms with Crippen molar-refractivity contribution >= 4 is 46.7 Å². The van der Waals surface area contributed by atoms with Crippen molar-refractivity contribution in [3.63, 3.8) is 0 Å². The second-order valence-corrected chi connectivity index (χ2v) is 11.8. The van der Waals surface area contributed by atoms with E-state index in [1.165, 1.54) is 6.92 Å². The Balaban J connectivity index is 1.66. The molecule has 0 fully saturated rings. The molecule has 0 saturated carbocycles. The van der Waals surface area contributed by atoms with E-state index in [2.05, 4.69) is 5.32 Å². The second-order valence-electron chi connectivity index (χ2n) is 11.3. The molecule has 2 N–H and O–H groups in total. The smallest absolute Gasteiger partial charge is 0.303 e. The number of ether oxygens (including phenoxy) is 2. The summed E-state index contributed by atoms with van der Waals surface area (Å²) in [7, 11) is 0. The van der Waals surface area contributed by atoms with E-state index in [-0.39, 0.29) is 26.0 Å². The zero-order valence-corrected chi connectivity index (χ0v) is 25.1. The number of carboxylic acids is 1. The molecule has 9 nitrogen and oxygen atoms in total. The fourth-order valence-electron chi connectivity index (χ4n) is 4.96. The van der Waals surface area contributed by atoms with Crippen LogP contribution in [-0.4, -0.2) is 48.1 Å². The Morgan fingerprint density at radius 2 is 1.79 bits per heavy atom. The number of hydrogen-bond donors (Lipinski definition) is 2. The van der Waals surface area contributed by atoms with Gasteiger partial charge >= 0.3 is 11.9 Å². The van der Waals surface area contributed by atoms with Gasteiger partial charge in [-0.1, -0.05) is 67.9 Å². The topological polar surface area (TPSA) is 122 Å². The van der Waals surface area contributed by atoms with Crippen molar-refractivity contribution in [1.29, 1.82) is 0 Å². The van der Waals surface area contributed by atoms with Gasteiger partial charge in [0.1, 0.15) is 12.2 Å². The number of nitrogens with zero attached hydrogens (tertiary/aromatic N) is 1. The number of amides is 2. The third-order valence-electron chi connectivity index (χ3n) is 6.97. The van der Waals surface area contributed by atoms with E-state index in [0.29, 0.717) is 28.4 Å². The van der Waals surface area contributed by atoms with Crippen molar-refractivity contribution in [3.05, 3.63) is 94.5 Å². The summed E-state index contributed by atoms with van der Waals surface area (Å²) in [5.74, 6) is -2.18. The van der Waals surface area contributed by atoms with Crippen LogP contribution in [0.2, 0.25) is 5.02 Å². The minimum atomic E-state index is -1.16. The van der Waals surface area contributed by atoms with Crippen LogP contribution in [0.4, 0.5) is 11.4 Å². The number of rotatable bonds is 11. The molecule has 1 aliphatic heterocycles. The molecule has 2 atom stereocenters. The van der Waals surface area contributed by atoms with Crippen molar-refractivity contribution < 1.29 is 33.8 Å². The highest BCUT2D eigenvalue weighted by atomic mass is 35.5. The lowest BCUT2D eigenvalue weighted by Gasteiger charge is -2.33. The SMILES string of the molecule is CC(=O)OCC(C)(C)CN1C(=O)[C@@H](CC(=O)Nc2cccc(CCC(=O)O)c2)O[C@H](c2ccccc2)c2cc(Cl)ccc21. The molecule has 0 bridgehead atoms. The van der Waals surface area contributed by atoms with E-state index in [1.807, 2.05) is 44.2 Å². The predicted octanol–water partition coefficient (Wildman–Crippen LogP) is 5.80. The van der Waals surface area contributed by atoms with Gasteiger partial charge in [0.05, 0.1) is 13.0 Å². The number of aliphatic carboxylic acids is 1. The number of carbonyl (C=O) groups is 4. The minimum absolute atomic E-state index is 0.0308. The highest BCUT2D eigenvalue weighted by Gasteiger charge is 2.40. The number of nitrogens with one attached hydrogen (secondary N) is 1. The van der Waals surface area contributed by atoms with Crippen LogP contribution in [0, 0.1) is 5.41 Å². The van der Waals surface area contributed by atoms with Crippen molar-refractivity contribution in [3.8, 4) is 0 Å². The quantitative estimate of drug-likeness (QED) is 0.265. The lowest BCUT2D eigenvalue weighted by Crippen LogP contribution is -2.46. The third-order valence-corrected chi connectivity index (χ3v) is 7.20. The highest BCUT2D eigenvalue weighted by Crippen LogP contribution is 2.41. The van der Waals surface area contributed by atoms with Crippen molar-refractivity contribution in [2.45, 2.75) is 52.2 Å². The molecule has 0 spiro atoms. The Morgan fingerprint density at radius 3 is 2.49 bits per heavy atom. The summed E-state index contributed by atoms with van der Waals surface area (Å²) in [5, 5.41) is 12.3. The number of carboxylic acid groups (broad SMARTS) is 1. The second kappa shape index (κ2) is 13.8. The summed E-state index contributed by atoms with van der Waals surface area (Å²) in [4.78, 5) is 51.6. The van der Waals surface area contributed by atoms with Crippen LogP contribution in [0.25, 0.3) is 0 Å². The van der Waals surface area contributed by atoms with Crippen LogP contribution in [-0.2, 0) is 35.1 Å². The molecule has 3 aromatic carbocycles. The Morgan fingerprint density at radius 1 is 1.05 bits per heavy atom. The van der Waals surface area contributed by atoms with Crippen molar-refractivity contribution in [1.82, 2.24) is 0 Å². The van der Waals surface area contributed by atoms with Crippen LogP contribution in [0.1, 0.15) is 56.4 Å². The molecule has 1 heterocycles. The molecule has 0 aromatic heterocycles. The number of anilines is 2. The zero-order chi connectivity index (χ0) is 31.1. The molecule has 4 rings (SSSR count). The number of aryl methyl sites for hydroxylation is 1. The molecule has 2 amide bonds. The Bertz CT molecular complexity index is 1490. The van der Waals surface area contributed by atoms with Crippen LogP contribution in [0.5, 0.6) is 0 Å². The van der Waals surface area contributed by atoms with Gasteiger partial charge in [-0.3, -0.25) is 19.2 Å². The maximum absolute atomic E-state index is 14.2. The molecule has 0 aliphatic carbocycles. The fraction of sp³-hybridized carbons (Fsp3) is 0.333. The van der Waals surface area contributed by atoms with Crippen LogP contribution < -0.4 is 10.2 Å². The lowest BCUT2D eigenvalue weighted by atomic mass is 9.92. The number of benzene rings is 3. The van der Waals surface area contributed by atoms with Gasteiger partial charge in [0.25, 0.3) is 5.91 Å². The molecular weight excluding hydrogens is 572 g/mol. The van der Waals surface area contributed by atoms with E-state index in [4.69, 9.17) is 26.2 Å². The third kappa shape index (κ3) is 8.65. The van der Waals surface area contributed by atoms with Gasteiger partial charge in [0.15, 0.2) is 0 Å². The molecule has 0 saturated heterocycles. The summed E-state index contributed by atoms with van der Waals surface area (Å²) in [6, 6.07) is 21.6. The molecule has 0 unspecified atom stereocenters. The first-order valence-electron chi connectivity index (χ1n) is 14.0. The molecule has 3 aromatic rings. The van der Waals surface area contributed by atoms with Gasteiger partial charge < -0.3 is 24.8 Å². The van der Waals surface area contributed by atoms with E-state index < -0.39 is 41.4 Å². The summed E-state index contributed by atoms with van der Waals surface area (Å²) in [6.07, 6.45) is -1.84. The van der Waals surface area contributed by atoms with E-state index >= 15 is 0 Å². The Kier molecular flexibility index (Phi) is 10.2. The fourth-order valence-corrected chi connectivity index (χ4v) is 5.14. The normalized spacial score (nSPS) is 16.7. The summed E-state index contributed by atoms with van der Waals surface area (Å²) in [6.45, 7) is 5.37. The highest BCUT2D eigenvalue weighted by molar-refractivity contribution is 6.30. The summed E-state index contributed by atoms with van der Waals surface area (Å²) in [5.41, 5.74) is 2.67. The van der Waals surface area contributed by atoms with Crippen molar-refractivity contribution in [2.24, 2.45) is 5.41 Å². The van der Waals surface area contributed by atoms with Crippen LogP contribution in [0.15, 0.2) is 72.8 Å². The number of halogens is 1. The number of esters is 1. The lowest BCUT2D eigenvalue weighted by molar-refractivity contribution is -0.144. The average molecular weight is 607 g/mol. The van der Waals surface area contributed by atoms with E-state index in [0.717, 1.165) is 11.1 Å². The van der Waals surface area contributed by atoms with Gasteiger partial charge in [-0.2, -0.15) is 0 Å². The van der Waals surface area contributed by atoms with E-state index in [1.54, 1.807) is 47.4 Å². The number of fused-ring (bicyclic) bond motifs is 1. The average Bonchev–Trinajstić information content (AvgIpc) is 3.06. The maximum Gasteiger partial charge on any atom is 0.303 e. The Hall–Kier alpha value is -4.21. The molecular formula is C33H35ClN2O7. The van der Waals surface area contributed by atoms with Gasteiger partial charge in [-0.25, -0.2) is 0 Å². The van der Waals surface area contributed by atoms with Crippen LogP contribution in [0.3, 0.4) is 0 Å². The van der Waals surface area contributed by atoms with E-state index in [9.17, 15) is 19.2 Å². The first-order valence-corrected chi connectivity index (χ1v) is 14.3. The monoisotopic (exact) mass is 606 g/mol. The zero-order valence-electron chi connectivity index (χ0n) is 24.3. The predicted molar refractivity (Wildman–Crippen MR) is 163 cm³/mol. The number of hydrogen-bond acceptors (Lipinski definition) is 6. The van der Waals surface area contributed by atoms with Gasteiger partial charge in [-0.05, 0) is 47.9 Å². The summed E-state index contributed by atoms with van der Waals surface area (Å²) >= 11 is 6.43. The first-order chi connectivity index (χ1) is 20.4. The van der Waals surface area contributed by atoms with Gasteiger partial charge in [-0.15, -0.1) is 0 Å². The summed E-state index contributed by atoms with van der Waals surface area (Å²) < 4.78 is 11.8. The first kappa shape index (κ1) is 31.7. The largest absolute Gasteiger partial charge is 0.481 e. The molecule has 10 heteroatoms. The minimum Gasteiger partial charge on any atom is -0.481 e.